The first-order chi connectivity index (χ1) is 5.92. The van der Waals surface area contributed by atoms with Gasteiger partial charge in [0.1, 0.15) is 0 Å². The fraction of sp³-hybridized carbons (Fsp3) is 0.182. The first-order valence-corrected chi connectivity index (χ1v) is 3.97. The summed E-state index contributed by atoms with van der Waals surface area (Å²) in [6.07, 6.45) is 5.89. The number of nitrogens with zero attached hydrogens (tertiary/aromatic N) is 1. The summed E-state index contributed by atoms with van der Waals surface area (Å²) in [4.78, 5) is 0. The smallest absolute Gasteiger partial charge is 0.0965 e. The lowest BCUT2D eigenvalue weighted by Crippen LogP contribution is -2.02. The average molecular weight is 154 g/mol. The maximum atomic E-state index is 8.81. The Bertz CT molecular complexity index is 358. The topological polar surface area (TPSA) is 23.8 Å². The second-order valence-corrected chi connectivity index (χ2v) is 2.84. The maximum absolute atomic E-state index is 8.81. The van der Waals surface area contributed by atoms with Crippen LogP contribution in [-0.4, -0.2) is 0 Å². The Morgan fingerprint density at radius 1 is 1.42 bits per heavy atom. The van der Waals surface area contributed by atoms with Crippen molar-refractivity contribution in [3.8, 4) is 6.07 Å². The molecule has 1 radical (unpaired) electrons. The molecule has 0 spiro atoms. The van der Waals surface area contributed by atoms with Crippen LogP contribution in [0, 0.1) is 17.4 Å². The summed E-state index contributed by atoms with van der Waals surface area (Å²) in [6, 6.07) is 10.3. The number of hydrogen-bond donors (Lipinski definition) is 0. The molecule has 0 aliphatic heterocycles. The van der Waals surface area contributed by atoms with Crippen LogP contribution in [0.15, 0.2) is 30.3 Å². The van der Waals surface area contributed by atoms with Crippen molar-refractivity contribution in [2.24, 2.45) is 0 Å². The summed E-state index contributed by atoms with van der Waals surface area (Å²) in [7, 11) is 0. The zero-order valence-electron chi connectivity index (χ0n) is 6.62. The molecule has 0 heterocycles. The fourth-order valence-electron chi connectivity index (χ4n) is 1.49. The van der Waals surface area contributed by atoms with Crippen molar-refractivity contribution in [3.05, 3.63) is 47.5 Å². The summed E-state index contributed by atoms with van der Waals surface area (Å²) in [5.74, 6) is -0.157. The van der Waals surface area contributed by atoms with Crippen molar-refractivity contribution in [1.82, 2.24) is 0 Å². The van der Waals surface area contributed by atoms with E-state index in [1.54, 1.807) is 0 Å². The van der Waals surface area contributed by atoms with Crippen LogP contribution in [0.5, 0.6) is 0 Å². The van der Waals surface area contributed by atoms with E-state index in [1.165, 1.54) is 5.56 Å². The van der Waals surface area contributed by atoms with Crippen LogP contribution >= 0.6 is 0 Å². The lowest BCUT2D eigenvalue weighted by atomic mass is 9.89. The van der Waals surface area contributed by atoms with E-state index in [2.05, 4.69) is 18.2 Å². The molecule has 0 saturated carbocycles. The van der Waals surface area contributed by atoms with Crippen molar-refractivity contribution >= 4 is 0 Å². The van der Waals surface area contributed by atoms with E-state index in [-0.39, 0.29) is 5.92 Å². The minimum absolute atomic E-state index is 0.157. The Kier molecular flexibility index (Phi) is 1.68. The van der Waals surface area contributed by atoms with E-state index in [9.17, 15) is 0 Å². The SMILES string of the molecule is N#CC1[C]=CCc2ccccc21. The molecule has 12 heavy (non-hydrogen) atoms. The molecule has 0 N–H and O–H groups in total. The first-order valence-electron chi connectivity index (χ1n) is 3.97. The average Bonchev–Trinajstić information content (AvgIpc) is 2.17. The van der Waals surface area contributed by atoms with E-state index < -0.39 is 0 Å². The summed E-state index contributed by atoms with van der Waals surface area (Å²) in [6.45, 7) is 0. The largest absolute Gasteiger partial charge is 0.197 e. The minimum Gasteiger partial charge on any atom is -0.197 e. The quantitative estimate of drug-likeness (QED) is 0.562. The Balaban J connectivity index is 2.51. The highest BCUT2D eigenvalue weighted by Gasteiger charge is 2.14. The molecule has 1 atom stereocenters. The van der Waals surface area contributed by atoms with Gasteiger partial charge in [0.05, 0.1) is 12.0 Å². The molecule has 0 amide bonds. The second kappa shape index (κ2) is 2.83. The standard InChI is InChI=1S/C11H8N/c12-8-10-6-3-5-9-4-1-2-7-11(9)10/h1-4,7,10H,5H2. The predicted molar refractivity (Wildman–Crippen MR) is 46.3 cm³/mol. The number of hydrogen-bond acceptors (Lipinski definition) is 1. The van der Waals surface area contributed by atoms with E-state index in [0.29, 0.717) is 0 Å². The van der Waals surface area contributed by atoms with Gasteiger partial charge in [-0.1, -0.05) is 30.3 Å². The van der Waals surface area contributed by atoms with Crippen LogP contribution < -0.4 is 0 Å². The summed E-state index contributed by atoms with van der Waals surface area (Å²) in [5.41, 5.74) is 2.37. The summed E-state index contributed by atoms with van der Waals surface area (Å²) >= 11 is 0. The summed E-state index contributed by atoms with van der Waals surface area (Å²) < 4.78 is 0. The summed E-state index contributed by atoms with van der Waals surface area (Å²) in [5, 5.41) is 8.81. The van der Waals surface area contributed by atoms with Crippen molar-refractivity contribution in [2.75, 3.05) is 0 Å². The zero-order chi connectivity index (χ0) is 8.39. The normalized spacial score (nSPS) is 19.8. The van der Waals surface area contributed by atoms with Gasteiger partial charge in [-0.05, 0) is 23.6 Å². The van der Waals surface area contributed by atoms with Gasteiger partial charge in [-0.2, -0.15) is 5.26 Å². The minimum atomic E-state index is -0.157. The van der Waals surface area contributed by atoms with E-state index in [0.717, 1.165) is 12.0 Å². The third-order valence-corrected chi connectivity index (χ3v) is 2.10. The molecule has 1 aromatic carbocycles. The van der Waals surface area contributed by atoms with Crippen molar-refractivity contribution in [3.63, 3.8) is 0 Å². The van der Waals surface area contributed by atoms with Gasteiger partial charge >= 0.3 is 0 Å². The third-order valence-electron chi connectivity index (χ3n) is 2.10. The molecular formula is C11H8N. The molecule has 1 nitrogen and oxygen atoms in total. The molecule has 0 saturated heterocycles. The Morgan fingerprint density at radius 3 is 3.08 bits per heavy atom. The highest BCUT2D eigenvalue weighted by atomic mass is 14.3. The molecule has 1 aliphatic rings. The van der Waals surface area contributed by atoms with Gasteiger partial charge < -0.3 is 0 Å². The Morgan fingerprint density at radius 2 is 2.25 bits per heavy atom. The lowest BCUT2D eigenvalue weighted by Gasteiger charge is -2.13. The Labute approximate surface area is 72.0 Å². The van der Waals surface area contributed by atoms with Crippen LogP contribution in [0.2, 0.25) is 0 Å². The van der Waals surface area contributed by atoms with Crippen LogP contribution in [-0.2, 0) is 6.42 Å². The lowest BCUT2D eigenvalue weighted by molar-refractivity contribution is 0.973. The van der Waals surface area contributed by atoms with E-state index in [1.807, 2.05) is 24.3 Å². The van der Waals surface area contributed by atoms with Gasteiger partial charge in [-0.15, -0.1) is 0 Å². The van der Waals surface area contributed by atoms with Crippen molar-refractivity contribution < 1.29 is 0 Å². The van der Waals surface area contributed by atoms with Gasteiger partial charge in [-0.25, -0.2) is 0 Å². The molecule has 1 unspecified atom stereocenters. The molecular weight excluding hydrogens is 146 g/mol. The molecule has 0 fully saturated rings. The fourth-order valence-corrected chi connectivity index (χ4v) is 1.49. The number of benzene rings is 1. The second-order valence-electron chi connectivity index (χ2n) is 2.84. The van der Waals surface area contributed by atoms with E-state index in [4.69, 9.17) is 5.26 Å². The van der Waals surface area contributed by atoms with Gasteiger partial charge in [0.25, 0.3) is 0 Å². The van der Waals surface area contributed by atoms with Gasteiger partial charge in [0.15, 0.2) is 0 Å². The maximum Gasteiger partial charge on any atom is 0.0965 e. The highest BCUT2D eigenvalue weighted by molar-refractivity contribution is 5.39. The van der Waals surface area contributed by atoms with E-state index >= 15 is 0 Å². The van der Waals surface area contributed by atoms with Crippen molar-refractivity contribution in [1.29, 1.82) is 5.26 Å². The zero-order valence-corrected chi connectivity index (χ0v) is 6.62. The van der Waals surface area contributed by atoms with Crippen LogP contribution in [0.3, 0.4) is 0 Å². The van der Waals surface area contributed by atoms with Gasteiger partial charge in [0, 0.05) is 0 Å². The molecule has 1 heteroatoms. The Hall–Kier alpha value is -1.55. The number of fused-ring (bicyclic) bond motifs is 1. The van der Waals surface area contributed by atoms with Crippen LogP contribution in [0.4, 0.5) is 0 Å². The van der Waals surface area contributed by atoms with Crippen LogP contribution in [0.1, 0.15) is 17.0 Å². The number of allylic oxidation sites excluding steroid dienone is 2. The third kappa shape index (κ3) is 1.02. The number of nitriles is 1. The molecule has 1 aromatic rings. The number of rotatable bonds is 0. The predicted octanol–water partition coefficient (Wildman–Crippen LogP) is 2.21. The molecule has 1 aliphatic carbocycles. The highest BCUT2D eigenvalue weighted by Crippen LogP contribution is 2.24. The molecule has 2 rings (SSSR count). The monoisotopic (exact) mass is 154 g/mol. The van der Waals surface area contributed by atoms with Crippen molar-refractivity contribution in [2.45, 2.75) is 12.3 Å². The van der Waals surface area contributed by atoms with Gasteiger partial charge in [0.2, 0.25) is 0 Å². The van der Waals surface area contributed by atoms with Crippen LogP contribution in [0.25, 0.3) is 0 Å². The molecule has 57 valence electrons. The van der Waals surface area contributed by atoms with Gasteiger partial charge in [-0.3, -0.25) is 0 Å². The first kappa shape index (κ1) is 7.12. The molecule has 0 bridgehead atoms. The molecule has 0 aromatic heterocycles.